The van der Waals surface area contributed by atoms with Crippen LogP contribution < -0.4 is 0 Å². The number of thioether (sulfide) groups is 1. The van der Waals surface area contributed by atoms with Crippen molar-refractivity contribution in [3.63, 3.8) is 0 Å². The maximum Gasteiger partial charge on any atom is 0.0323 e. The summed E-state index contributed by atoms with van der Waals surface area (Å²) in [5, 5.41) is 1.87. The van der Waals surface area contributed by atoms with Gasteiger partial charge in [0.2, 0.25) is 0 Å². The minimum absolute atomic E-state index is 1.61. The lowest BCUT2D eigenvalue weighted by molar-refractivity contribution is 1.64. The molecule has 0 aliphatic carbocycles. The van der Waals surface area contributed by atoms with Crippen molar-refractivity contribution in [3.05, 3.63) is 11.6 Å². The van der Waals surface area contributed by atoms with Crippen LogP contribution in [0, 0.1) is 0 Å². The van der Waals surface area contributed by atoms with Crippen molar-refractivity contribution in [2.24, 2.45) is 4.99 Å². The van der Waals surface area contributed by atoms with Crippen molar-refractivity contribution in [1.82, 2.24) is 0 Å². The summed E-state index contributed by atoms with van der Waals surface area (Å²) in [7, 11) is 0. The van der Waals surface area contributed by atoms with Gasteiger partial charge in [-0.25, -0.2) is 0 Å². The maximum atomic E-state index is 3.47. The largest absolute Gasteiger partial charge is 0.272 e. The fraction of sp³-hybridized carbons (Fsp3) is 0.250. The third kappa shape index (κ3) is 3.76. The molecule has 0 spiro atoms. The highest BCUT2D eigenvalue weighted by Crippen LogP contribution is 1.90. The summed E-state index contributed by atoms with van der Waals surface area (Å²) in [5.74, 6) is 0. The lowest BCUT2D eigenvalue weighted by Crippen LogP contribution is -1.40. The normalized spacial score (nSPS) is 9.50. The molecule has 0 saturated carbocycles. The second-order valence-corrected chi connectivity index (χ2v) is 1.45. The summed E-state index contributed by atoms with van der Waals surface area (Å²) < 4.78 is 0. The average Bonchev–Trinajstić information content (AvgIpc) is 1.61. The molecule has 0 aromatic rings. The Morgan fingerprint density at radius 3 is 2.67 bits per heavy atom. The monoisotopic (exact) mass is 101 g/mol. The van der Waals surface area contributed by atoms with Gasteiger partial charge >= 0.3 is 0 Å². The minimum Gasteiger partial charge on any atom is -0.272 e. The van der Waals surface area contributed by atoms with E-state index in [2.05, 4.69) is 11.7 Å². The predicted octanol–water partition coefficient (Wildman–Crippen LogP) is 1.52. The molecule has 0 rings (SSSR count). The summed E-state index contributed by atoms with van der Waals surface area (Å²) in [6.07, 6.45) is 3.63. The van der Waals surface area contributed by atoms with Crippen LogP contribution in [0.25, 0.3) is 0 Å². The Morgan fingerprint density at radius 2 is 2.50 bits per heavy atom. The molecular weight excluding hydrogens is 94.1 g/mol. The molecule has 0 heterocycles. The van der Waals surface area contributed by atoms with Crippen molar-refractivity contribution in [1.29, 1.82) is 0 Å². The fourth-order valence-electron chi connectivity index (χ4n) is 0.104. The van der Waals surface area contributed by atoms with Crippen LogP contribution in [0.2, 0.25) is 0 Å². The SMILES string of the molecule is C=NC=CSC. The van der Waals surface area contributed by atoms with Crippen molar-refractivity contribution in [2.45, 2.75) is 0 Å². The van der Waals surface area contributed by atoms with Crippen LogP contribution in [-0.2, 0) is 0 Å². The van der Waals surface area contributed by atoms with E-state index in [1.807, 2.05) is 11.7 Å². The Kier molecular flexibility index (Phi) is 4.57. The highest BCUT2D eigenvalue weighted by Gasteiger charge is 1.55. The van der Waals surface area contributed by atoms with Gasteiger partial charge in [-0.15, -0.1) is 11.8 Å². The summed E-state index contributed by atoms with van der Waals surface area (Å²) in [5.41, 5.74) is 0. The first-order valence-electron chi connectivity index (χ1n) is 1.55. The molecule has 0 aromatic heterocycles. The summed E-state index contributed by atoms with van der Waals surface area (Å²) in [6.45, 7) is 3.25. The van der Waals surface area contributed by atoms with Crippen molar-refractivity contribution < 1.29 is 0 Å². The van der Waals surface area contributed by atoms with Gasteiger partial charge in [-0.2, -0.15) is 0 Å². The second kappa shape index (κ2) is 4.76. The van der Waals surface area contributed by atoms with Gasteiger partial charge in [0.25, 0.3) is 0 Å². The maximum absolute atomic E-state index is 3.47. The first-order valence-corrected chi connectivity index (χ1v) is 2.84. The molecule has 0 atom stereocenters. The smallest absolute Gasteiger partial charge is 0.0323 e. The molecule has 0 N–H and O–H groups in total. The van der Waals surface area contributed by atoms with E-state index >= 15 is 0 Å². The Labute approximate surface area is 42.2 Å². The molecule has 0 aliphatic rings. The highest BCUT2D eigenvalue weighted by atomic mass is 32.2. The van der Waals surface area contributed by atoms with Crippen LogP contribution in [-0.4, -0.2) is 13.0 Å². The topological polar surface area (TPSA) is 12.4 Å². The van der Waals surface area contributed by atoms with E-state index in [4.69, 9.17) is 0 Å². The third-order valence-corrected chi connectivity index (χ3v) is 0.696. The zero-order valence-electron chi connectivity index (χ0n) is 3.72. The van der Waals surface area contributed by atoms with Gasteiger partial charge in [0.1, 0.15) is 0 Å². The molecule has 0 saturated heterocycles. The van der Waals surface area contributed by atoms with Crippen LogP contribution in [0.5, 0.6) is 0 Å². The zero-order valence-corrected chi connectivity index (χ0v) is 4.53. The molecule has 0 fully saturated rings. The summed E-state index contributed by atoms with van der Waals surface area (Å²) in [4.78, 5) is 3.47. The lowest BCUT2D eigenvalue weighted by Gasteiger charge is -1.68. The van der Waals surface area contributed by atoms with Gasteiger partial charge in [0.05, 0.1) is 0 Å². The van der Waals surface area contributed by atoms with E-state index in [1.165, 1.54) is 0 Å². The van der Waals surface area contributed by atoms with Gasteiger partial charge < -0.3 is 0 Å². The molecular formula is C4H7NS. The number of aliphatic imine (C=N–C) groups is 1. The van der Waals surface area contributed by atoms with Gasteiger partial charge in [-0.05, 0) is 18.4 Å². The quantitative estimate of drug-likeness (QED) is 0.480. The molecule has 2 heteroatoms. The molecule has 0 bridgehead atoms. The van der Waals surface area contributed by atoms with Crippen LogP contribution >= 0.6 is 11.8 Å². The second-order valence-electron chi connectivity index (χ2n) is 0.703. The Hall–Kier alpha value is -0.240. The molecule has 0 aromatic carbocycles. The first kappa shape index (κ1) is 5.76. The minimum atomic E-state index is 1.61. The fourth-order valence-corrected chi connectivity index (χ4v) is 0.312. The van der Waals surface area contributed by atoms with Gasteiger partial charge in [-0.3, -0.25) is 4.99 Å². The van der Waals surface area contributed by atoms with E-state index < -0.39 is 0 Å². The van der Waals surface area contributed by atoms with E-state index in [0.29, 0.717) is 0 Å². The number of nitrogens with zero attached hydrogens (tertiary/aromatic N) is 1. The molecule has 0 unspecified atom stereocenters. The number of rotatable bonds is 2. The molecule has 0 amide bonds. The highest BCUT2D eigenvalue weighted by molar-refractivity contribution is 8.01. The van der Waals surface area contributed by atoms with Crippen LogP contribution in [0.4, 0.5) is 0 Å². The molecule has 0 aliphatic heterocycles. The van der Waals surface area contributed by atoms with Crippen molar-refractivity contribution >= 4 is 18.5 Å². The van der Waals surface area contributed by atoms with Crippen molar-refractivity contribution in [3.8, 4) is 0 Å². The number of hydrogen-bond acceptors (Lipinski definition) is 2. The van der Waals surface area contributed by atoms with Crippen molar-refractivity contribution in [2.75, 3.05) is 6.26 Å². The predicted molar refractivity (Wildman–Crippen MR) is 32.2 cm³/mol. The average molecular weight is 101 g/mol. The van der Waals surface area contributed by atoms with E-state index in [1.54, 1.807) is 18.0 Å². The van der Waals surface area contributed by atoms with Gasteiger partial charge in [0.15, 0.2) is 0 Å². The lowest BCUT2D eigenvalue weighted by atomic mass is 11.1. The van der Waals surface area contributed by atoms with Gasteiger partial charge in [-0.1, -0.05) is 0 Å². The standard InChI is InChI=1S/C4H7NS/c1-5-3-4-6-2/h3-4H,1H2,2H3. The first-order chi connectivity index (χ1) is 2.91. The zero-order chi connectivity index (χ0) is 4.83. The van der Waals surface area contributed by atoms with Crippen LogP contribution in [0.3, 0.4) is 0 Å². The molecule has 6 heavy (non-hydrogen) atoms. The molecule has 1 nitrogen and oxygen atoms in total. The van der Waals surface area contributed by atoms with Gasteiger partial charge in [0, 0.05) is 6.20 Å². The Bertz CT molecular complexity index is 58.6. The Morgan fingerprint density at radius 1 is 1.83 bits per heavy atom. The van der Waals surface area contributed by atoms with Crippen LogP contribution in [0.15, 0.2) is 16.6 Å². The van der Waals surface area contributed by atoms with E-state index in [0.717, 1.165) is 0 Å². The summed E-state index contributed by atoms with van der Waals surface area (Å²) in [6, 6.07) is 0. The Balaban J connectivity index is 2.94. The van der Waals surface area contributed by atoms with E-state index in [9.17, 15) is 0 Å². The molecule has 0 radical (unpaired) electrons. The number of hydrogen-bond donors (Lipinski definition) is 0. The third-order valence-electron chi connectivity index (χ3n) is 0.302. The molecule has 34 valence electrons. The van der Waals surface area contributed by atoms with Crippen LogP contribution in [0.1, 0.15) is 0 Å². The van der Waals surface area contributed by atoms with E-state index in [-0.39, 0.29) is 0 Å². The summed E-state index contributed by atoms with van der Waals surface area (Å²) >= 11 is 1.61.